The van der Waals surface area contributed by atoms with Crippen LogP contribution in [0.25, 0.3) is 0 Å². The van der Waals surface area contributed by atoms with Crippen molar-refractivity contribution in [2.24, 2.45) is 0 Å². The Morgan fingerprint density at radius 2 is 0.941 bits per heavy atom. The van der Waals surface area contributed by atoms with Gasteiger partial charge in [-0.1, -0.05) is 107 Å². The van der Waals surface area contributed by atoms with E-state index >= 15 is 0 Å². The zero-order chi connectivity index (χ0) is 26.1. The van der Waals surface area contributed by atoms with Crippen LogP contribution in [0, 0.1) is 0 Å². The van der Waals surface area contributed by atoms with Gasteiger partial charge in [0.1, 0.15) is 11.5 Å². The van der Waals surface area contributed by atoms with Crippen LogP contribution in [-0.4, -0.2) is 4.89 Å². The fourth-order valence-electron chi connectivity index (χ4n) is 3.89. The predicted octanol–water partition coefficient (Wildman–Crippen LogP) is 8.90. The van der Waals surface area contributed by atoms with E-state index in [0.717, 1.165) is 32.0 Å². The van der Waals surface area contributed by atoms with E-state index < -0.39 is 7.82 Å². The zero-order valence-corrected chi connectivity index (χ0v) is 24.5. The Morgan fingerprint density at radius 3 is 1.21 bits per heavy atom. The predicted molar refractivity (Wildman–Crippen MR) is 143 cm³/mol. The Bertz CT molecular complexity index is 1070. The highest BCUT2D eigenvalue weighted by atomic mass is 32.2. The highest BCUT2D eigenvalue weighted by Gasteiger charge is 2.38. The molecule has 0 spiro atoms. The lowest BCUT2D eigenvalue weighted by molar-refractivity contribution is 0.280. The van der Waals surface area contributed by atoms with Gasteiger partial charge < -0.3 is 9.05 Å². The molecule has 0 fully saturated rings. The number of rotatable bonds is 0. The summed E-state index contributed by atoms with van der Waals surface area (Å²) < 4.78 is 25.0. The summed E-state index contributed by atoms with van der Waals surface area (Å²) in [6.07, 6.45) is 0. The summed E-state index contributed by atoms with van der Waals surface area (Å²) in [5.74, 6) is 0.862. The van der Waals surface area contributed by atoms with Crippen LogP contribution in [0.1, 0.15) is 105 Å². The van der Waals surface area contributed by atoms with Crippen LogP contribution in [-0.2, 0) is 26.2 Å². The van der Waals surface area contributed by atoms with E-state index in [0.29, 0.717) is 11.5 Å². The topological polar surface area (TPSA) is 55.8 Å². The molecule has 1 heterocycles. The second-order valence-electron chi connectivity index (χ2n) is 13.5. The second-order valence-corrected chi connectivity index (χ2v) is 15.8. The lowest BCUT2D eigenvalue weighted by Gasteiger charge is -2.33. The van der Waals surface area contributed by atoms with Gasteiger partial charge in [0.05, 0.1) is 9.79 Å². The molecule has 0 radical (unpaired) electrons. The summed E-state index contributed by atoms with van der Waals surface area (Å²) in [5, 5.41) is 0. The fraction of sp³-hybridized carbons (Fsp3) is 0.571. The Labute approximate surface area is 210 Å². The number of fused-ring (bicyclic) bond motifs is 2. The molecular weight excluding hydrogens is 463 g/mol. The Hall–Kier alpha value is -1.42. The Kier molecular flexibility index (Phi) is 6.65. The molecule has 0 aromatic heterocycles. The first kappa shape index (κ1) is 27.2. The maximum Gasteiger partial charge on any atom is 0.584 e. The molecule has 2 aromatic carbocycles. The van der Waals surface area contributed by atoms with Crippen LogP contribution in [0.3, 0.4) is 0 Å². The summed E-state index contributed by atoms with van der Waals surface area (Å²) >= 11 is 1.56. The number of phosphoric ester groups is 1. The van der Waals surface area contributed by atoms with E-state index in [1.54, 1.807) is 11.8 Å². The first-order valence-electron chi connectivity index (χ1n) is 11.9. The number of benzene rings is 2. The molecule has 3 rings (SSSR count). The average molecular weight is 505 g/mol. The maximum atomic E-state index is 13.4. The van der Waals surface area contributed by atoms with Gasteiger partial charge in [-0.25, -0.2) is 4.57 Å². The average Bonchev–Trinajstić information content (AvgIpc) is 2.58. The lowest BCUT2D eigenvalue weighted by Crippen LogP contribution is -2.21. The molecular formula is C28H41O4PS. The third-order valence-electron chi connectivity index (χ3n) is 6.09. The van der Waals surface area contributed by atoms with Crippen molar-refractivity contribution >= 4 is 19.6 Å². The first-order valence-corrected chi connectivity index (χ1v) is 14.2. The third-order valence-corrected chi connectivity index (χ3v) is 7.96. The summed E-state index contributed by atoms with van der Waals surface area (Å²) in [6, 6.07) is 8.41. The van der Waals surface area contributed by atoms with Crippen molar-refractivity contribution in [3.8, 4) is 11.5 Å². The molecule has 0 bridgehead atoms. The van der Waals surface area contributed by atoms with Crippen LogP contribution in [0.15, 0.2) is 34.1 Å². The van der Waals surface area contributed by atoms with E-state index in [1.165, 1.54) is 0 Å². The van der Waals surface area contributed by atoms with Gasteiger partial charge in [0.15, 0.2) is 0 Å². The molecule has 0 amide bonds. The van der Waals surface area contributed by atoms with Crippen molar-refractivity contribution in [2.75, 3.05) is 0 Å². The van der Waals surface area contributed by atoms with Gasteiger partial charge in [-0.05, 0) is 44.9 Å². The minimum atomic E-state index is -4.44. The molecule has 188 valence electrons. The van der Waals surface area contributed by atoms with Crippen molar-refractivity contribution in [1.82, 2.24) is 0 Å². The highest BCUT2D eigenvalue weighted by Crippen LogP contribution is 2.58. The van der Waals surface area contributed by atoms with E-state index in [-0.39, 0.29) is 21.7 Å². The van der Waals surface area contributed by atoms with E-state index in [2.05, 4.69) is 107 Å². The van der Waals surface area contributed by atoms with Crippen molar-refractivity contribution in [2.45, 2.75) is 115 Å². The second kappa shape index (κ2) is 8.32. The van der Waals surface area contributed by atoms with E-state index in [1.807, 2.05) is 0 Å². The normalized spacial score (nSPS) is 16.5. The third kappa shape index (κ3) is 5.69. The Morgan fingerprint density at radius 1 is 0.618 bits per heavy atom. The largest absolute Gasteiger partial charge is 0.584 e. The minimum absolute atomic E-state index is 0.0932. The first-order chi connectivity index (χ1) is 15.1. The van der Waals surface area contributed by atoms with Crippen molar-refractivity contribution in [3.05, 3.63) is 46.5 Å². The number of hydrogen-bond donors (Lipinski definition) is 1. The van der Waals surface area contributed by atoms with E-state index in [4.69, 9.17) is 9.05 Å². The zero-order valence-electron chi connectivity index (χ0n) is 22.8. The number of hydrogen-bond acceptors (Lipinski definition) is 4. The molecule has 0 saturated carbocycles. The summed E-state index contributed by atoms with van der Waals surface area (Å²) in [4.78, 5) is 12.6. The van der Waals surface area contributed by atoms with Gasteiger partial charge in [0.25, 0.3) is 0 Å². The van der Waals surface area contributed by atoms with Crippen LogP contribution in [0.4, 0.5) is 0 Å². The molecule has 34 heavy (non-hydrogen) atoms. The molecule has 2 aromatic rings. The fourth-order valence-corrected chi connectivity index (χ4v) is 6.01. The molecule has 1 aliphatic heterocycles. The standard InChI is InChI=1S/C28H41O4PS/c1-25(2,3)17-13-19(27(7,8)9)23-21(15-17)34-22-16-18(26(4,5)6)14-20(28(10,11)12)24(22)32-33(29,30)31-23/h13-16H,1-12H3,(H,29,30). The molecule has 0 atom stereocenters. The van der Waals surface area contributed by atoms with Crippen LogP contribution < -0.4 is 9.05 Å². The van der Waals surface area contributed by atoms with Crippen LogP contribution >= 0.6 is 19.6 Å². The van der Waals surface area contributed by atoms with Crippen LogP contribution in [0.2, 0.25) is 0 Å². The van der Waals surface area contributed by atoms with Gasteiger partial charge in [0.2, 0.25) is 0 Å². The molecule has 0 aliphatic carbocycles. The van der Waals surface area contributed by atoms with Gasteiger partial charge in [-0.3, -0.25) is 4.89 Å². The summed E-state index contributed by atoms with van der Waals surface area (Å²) in [5.41, 5.74) is 3.33. The summed E-state index contributed by atoms with van der Waals surface area (Å²) in [7, 11) is -4.44. The van der Waals surface area contributed by atoms with E-state index in [9.17, 15) is 9.46 Å². The van der Waals surface area contributed by atoms with Gasteiger partial charge in [0, 0.05) is 11.1 Å². The highest BCUT2D eigenvalue weighted by molar-refractivity contribution is 7.99. The monoisotopic (exact) mass is 504 g/mol. The molecule has 6 heteroatoms. The van der Waals surface area contributed by atoms with Gasteiger partial charge >= 0.3 is 7.82 Å². The minimum Gasteiger partial charge on any atom is -0.394 e. The SMILES string of the molecule is CC(C)(C)c1cc2c(c(C(C)(C)C)c1)OP(=O)(O)Oc1c(cc(C(C)(C)C)cc1C(C)(C)C)S2. The maximum absolute atomic E-state index is 13.4. The number of phosphoric acid groups is 1. The van der Waals surface area contributed by atoms with Gasteiger partial charge in [-0.2, -0.15) is 0 Å². The molecule has 0 saturated heterocycles. The van der Waals surface area contributed by atoms with Gasteiger partial charge in [-0.15, -0.1) is 0 Å². The smallest absolute Gasteiger partial charge is 0.394 e. The lowest BCUT2D eigenvalue weighted by atomic mass is 9.80. The van der Waals surface area contributed by atoms with Crippen molar-refractivity contribution in [3.63, 3.8) is 0 Å². The quantitative estimate of drug-likeness (QED) is 0.363. The summed E-state index contributed by atoms with van der Waals surface area (Å²) in [6.45, 7) is 25.6. The van der Waals surface area contributed by atoms with Crippen molar-refractivity contribution < 1.29 is 18.5 Å². The molecule has 4 nitrogen and oxygen atoms in total. The van der Waals surface area contributed by atoms with Crippen LogP contribution in [0.5, 0.6) is 11.5 Å². The molecule has 0 unspecified atom stereocenters. The molecule has 1 N–H and O–H groups in total. The van der Waals surface area contributed by atoms with Crippen molar-refractivity contribution in [1.29, 1.82) is 0 Å². The Balaban J connectivity index is 2.43. The molecule has 1 aliphatic rings.